The molecular weight excluding hydrogens is 836 g/mol. The van der Waals surface area contributed by atoms with Crippen LogP contribution in [0.3, 0.4) is 0 Å². The number of aliphatic hydroxyl groups is 10. The van der Waals surface area contributed by atoms with Crippen LogP contribution in [0.5, 0.6) is 0 Å². The van der Waals surface area contributed by atoms with Crippen LogP contribution in [0.4, 0.5) is 0 Å². The van der Waals surface area contributed by atoms with Crippen molar-refractivity contribution in [3.05, 3.63) is 46.6 Å². The Labute approximate surface area is 367 Å². The molecule has 10 N–H and O–H groups in total. The fraction of sp³-hybridized carbons (Fsp3) is 0.791. The van der Waals surface area contributed by atoms with E-state index in [-0.39, 0.29) is 25.4 Å². The fourth-order valence-electron chi connectivity index (χ4n) is 7.34. The lowest BCUT2D eigenvalue weighted by atomic mass is 9.97. The predicted molar refractivity (Wildman–Crippen MR) is 219 cm³/mol. The molecule has 4 saturated heterocycles. The topological polar surface area (TPSA) is 302 Å². The zero-order chi connectivity index (χ0) is 46.7. The van der Waals surface area contributed by atoms with Crippen molar-refractivity contribution in [1.29, 1.82) is 0 Å². The Morgan fingerprint density at radius 1 is 0.556 bits per heavy atom. The summed E-state index contributed by atoms with van der Waals surface area (Å²) in [5.41, 5.74) is 2.96. The summed E-state index contributed by atoms with van der Waals surface area (Å²) < 4.78 is 52.5. The molecule has 63 heavy (non-hydrogen) atoms. The fourth-order valence-corrected chi connectivity index (χ4v) is 7.34. The Bertz CT molecular complexity index is 1550. The van der Waals surface area contributed by atoms with Crippen molar-refractivity contribution in [2.75, 3.05) is 26.4 Å². The second kappa shape index (κ2) is 25.0. The lowest BCUT2D eigenvalue weighted by molar-refractivity contribution is -0.382. The van der Waals surface area contributed by atoms with Gasteiger partial charge in [0.25, 0.3) is 0 Å². The van der Waals surface area contributed by atoms with Gasteiger partial charge in [-0.2, -0.15) is 0 Å². The predicted octanol–water partition coefficient (Wildman–Crippen LogP) is -1.12. The van der Waals surface area contributed by atoms with E-state index < -0.39 is 129 Å². The third kappa shape index (κ3) is 14.6. The lowest BCUT2D eigenvalue weighted by Gasteiger charge is -2.48. The van der Waals surface area contributed by atoms with Crippen LogP contribution in [0.2, 0.25) is 0 Å². The van der Waals surface area contributed by atoms with Crippen molar-refractivity contribution in [2.24, 2.45) is 0 Å². The molecule has 0 saturated carbocycles. The molecule has 0 aromatic carbocycles. The molecule has 19 atom stereocenters. The highest BCUT2D eigenvalue weighted by molar-refractivity contribution is 5.87. The molecule has 0 unspecified atom stereocenters. The Morgan fingerprint density at radius 2 is 1.13 bits per heavy atom. The number of ether oxygens (including phenoxy) is 9. The first-order valence-corrected chi connectivity index (χ1v) is 21.5. The zero-order valence-corrected chi connectivity index (χ0v) is 37.0. The summed E-state index contributed by atoms with van der Waals surface area (Å²) in [4.78, 5) is 13.0. The van der Waals surface area contributed by atoms with E-state index in [0.717, 1.165) is 16.7 Å². The average molecular weight is 907 g/mol. The van der Waals surface area contributed by atoms with Crippen molar-refractivity contribution in [2.45, 2.75) is 191 Å². The van der Waals surface area contributed by atoms with Gasteiger partial charge in [-0.25, -0.2) is 4.79 Å². The Hall–Kier alpha value is -2.29. The van der Waals surface area contributed by atoms with Crippen LogP contribution in [0, 0.1) is 0 Å². The van der Waals surface area contributed by atoms with Gasteiger partial charge in [0.2, 0.25) is 0 Å². The van der Waals surface area contributed by atoms with Gasteiger partial charge < -0.3 is 93.7 Å². The van der Waals surface area contributed by atoms with E-state index in [1.165, 1.54) is 13.8 Å². The first-order chi connectivity index (χ1) is 29.7. The molecule has 4 rings (SSSR count). The zero-order valence-electron chi connectivity index (χ0n) is 37.0. The molecule has 0 amide bonds. The maximum Gasteiger partial charge on any atom is 0.333 e. The molecule has 4 fully saturated rings. The third-order valence-corrected chi connectivity index (χ3v) is 11.6. The minimum Gasteiger partial charge on any atom is -0.453 e. The van der Waals surface area contributed by atoms with Gasteiger partial charge in [0.05, 0.1) is 44.7 Å². The van der Waals surface area contributed by atoms with Crippen LogP contribution >= 0.6 is 0 Å². The number of allylic oxidation sites excluding steroid dienone is 4. The number of aliphatic hydroxyl groups excluding tert-OH is 10. The first kappa shape index (κ1) is 53.3. The molecule has 20 nitrogen and oxygen atoms in total. The third-order valence-electron chi connectivity index (χ3n) is 11.6. The van der Waals surface area contributed by atoms with Gasteiger partial charge in [0, 0.05) is 5.57 Å². The monoisotopic (exact) mass is 906 g/mol. The van der Waals surface area contributed by atoms with E-state index in [2.05, 4.69) is 0 Å². The molecule has 20 heteroatoms. The van der Waals surface area contributed by atoms with E-state index >= 15 is 0 Å². The molecule has 0 aromatic rings. The van der Waals surface area contributed by atoms with Crippen molar-refractivity contribution >= 4 is 5.97 Å². The van der Waals surface area contributed by atoms with Crippen LogP contribution < -0.4 is 0 Å². The summed E-state index contributed by atoms with van der Waals surface area (Å²) in [6, 6.07) is 0. The Balaban J connectivity index is 1.43. The van der Waals surface area contributed by atoms with Crippen molar-refractivity contribution in [1.82, 2.24) is 0 Å². The second-order valence-corrected chi connectivity index (χ2v) is 16.8. The second-order valence-electron chi connectivity index (χ2n) is 16.8. The first-order valence-electron chi connectivity index (χ1n) is 21.5. The molecule has 4 aliphatic rings. The van der Waals surface area contributed by atoms with Crippen LogP contribution in [-0.2, 0) is 47.4 Å². The number of carbonyl (C=O) groups excluding carboxylic acids is 1. The van der Waals surface area contributed by atoms with Crippen molar-refractivity contribution in [3.63, 3.8) is 0 Å². The summed E-state index contributed by atoms with van der Waals surface area (Å²) in [5, 5.41) is 104. The van der Waals surface area contributed by atoms with Crippen LogP contribution in [0.25, 0.3) is 0 Å². The van der Waals surface area contributed by atoms with E-state index in [1.54, 1.807) is 32.1 Å². The summed E-state index contributed by atoms with van der Waals surface area (Å²) >= 11 is 0. The average Bonchev–Trinajstić information content (AvgIpc) is 3.24. The molecule has 4 aliphatic heterocycles. The molecule has 0 bridgehead atoms. The minimum atomic E-state index is -1.81. The number of carbonyl (C=O) groups is 1. The van der Waals surface area contributed by atoms with Gasteiger partial charge in [-0.15, -0.1) is 0 Å². The van der Waals surface area contributed by atoms with Gasteiger partial charge in [-0.1, -0.05) is 41.0 Å². The highest BCUT2D eigenvalue weighted by Crippen LogP contribution is 2.34. The van der Waals surface area contributed by atoms with Crippen molar-refractivity contribution in [3.8, 4) is 0 Å². The smallest absolute Gasteiger partial charge is 0.333 e. The van der Waals surface area contributed by atoms with Crippen LogP contribution in [0.15, 0.2) is 46.6 Å². The summed E-state index contributed by atoms with van der Waals surface area (Å²) in [5.74, 6) is -0.740. The van der Waals surface area contributed by atoms with Gasteiger partial charge in [0.1, 0.15) is 67.1 Å². The molecule has 0 aliphatic carbocycles. The normalized spacial score (nSPS) is 41.1. The van der Waals surface area contributed by atoms with E-state index in [9.17, 15) is 50.8 Å². The van der Waals surface area contributed by atoms with Gasteiger partial charge in [-0.3, -0.25) is 0 Å². The summed E-state index contributed by atoms with van der Waals surface area (Å²) in [7, 11) is 0. The van der Waals surface area contributed by atoms with Gasteiger partial charge >= 0.3 is 5.97 Å². The lowest BCUT2D eigenvalue weighted by Crippen LogP contribution is -2.65. The summed E-state index contributed by atoms with van der Waals surface area (Å²) in [6.45, 7) is 11.3. The summed E-state index contributed by atoms with van der Waals surface area (Å²) in [6.07, 6.45) is -16.9. The molecule has 4 heterocycles. The van der Waals surface area contributed by atoms with Gasteiger partial charge in [0.15, 0.2) is 31.3 Å². The maximum atomic E-state index is 13.0. The Kier molecular flexibility index (Phi) is 21.2. The van der Waals surface area contributed by atoms with Gasteiger partial charge in [-0.05, 0) is 74.1 Å². The van der Waals surface area contributed by atoms with Crippen LogP contribution in [0.1, 0.15) is 74.1 Å². The van der Waals surface area contributed by atoms with E-state index in [4.69, 9.17) is 47.7 Å². The quantitative estimate of drug-likeness (QED) is 0.0417. The number of rotatable bonds is 19. The number of hydrogen-bond donors (Lipinski definition) is 10. The highest BCUT2D eigenvalue weighted by Gasteiger charge is 2.53. The largest absolute Gasteiger partial charge is 0.453 e. The van der Waals surface area contributed by atoms with Crippen molar-refractivity contribution < 1.29 is 98.5 Å². The Morgan fingerprint density at radius 3 is 1.81 bits per heavy atom. The van der Waals surface area contributed by atoms with E-state index in [0.29, 0.717) is 25.7 Å². The molecular formula is C43H70O20. The maximum absolute atomic E-state index is 13.0. The van der Waals surface area contributed by atoms with E-state index in [1.807, 2.05) is 26.8 Å². The highest BCUT2D eigenvalue weighted by atomic mass is 16.8. The number of hydrogen-bond acceptors (Lipinski definition) is 20. The number of esters is 1. The molecule has 0 radical (unpaired) electrons. The molecule has 0 aromatic heterocycles. The molecule has 362 valence electrons. The standard InChI is InChI=1S/C43H70O20/c1-20(14-16-44)11-9-13-23(4)39(54)61-36-26(7)60-42(35(53)32(36)50)63-38-37(62-41-33(51)30(48)27(45)19-57-41)29(47)25(6)59-43(38)55-17-15-21(2)10-8-12-22(3)18-56-40-34(52)31(49)28(46)24(5)58-40/h12-15,24-38,40-53H,8-11,16-19H2,1-7H3/b20-14+,21-15+,22-12+,23-13+/t24-,25-,26-,27+,28-,29-,30-,31+,32+,33+,34+,35+,36+,37+,38+,40+,41-,42-,43+/m0/s1. The SMILES string of the molecule is C/C(=C\CO)CC/C=C(\C)C(=O)O[C@H]1[C@H](O)[C@@H](O)[C@H](O[C@H]2[C@H](OC/C=C(\C)CC/C=C(\C)CO[C@@H]3O[C@@H](C)[C@H](O)[C@@H](O)[C@H]3O)O[C@@H](C)[C@H](O)[C@H]2O[C@@H]2OC[C@@H](O)[C@H](O)[C@H]2O)O[C@H]1C. The molecule has 0 spiro atoms. The van der Waals surface area contributed by atoms with Crippen LogP contribution in [-0.4, -0.2) is 200 Å². The minimum absolute atomic E-state index is 0.0380.